The molecule has 0 heterocycles. The van der Waals surface area contributed by atoms with Gasteiger partial charge in [-0.05, 0) is 10.8 Å². The zero-order valence-electron chi connectivity index (χ0n) is 6.82. The summed E-state index contributed by atoms with van der Waals surface area (Å²) in [5.74, 6) is -0.121. The molecule has 1 rings (SSSR count). The molecule has 1 aromatic rings. The van der Waals surface area contributed by atoms with Gasteiger partial charge in [0, 0.05) is 0 Å². The van der Waals surface area contributed by atoms with Crippen molar-refractivity contribution in [1.29, 1.82) is 0 Å². The van der Waals surface area contributed by atoms with Gasteiger partial charge < -0.3 is 5.73 Å². The van der Waals surface area contributed by atoms with Crippen LogP contribution in [0.15, 0.2) is 35.5 Å². The maximum atomic E-state index is 11.8. The smallest absolute Gasteiger partial charge is 0.235 e. The fourth-order valence-electron chi connectivity index (χ4n) is 0.866. The fraction of sp³-hybridized carbons (Fsp3) is 0.125. The molecule has 0 atom stereocenters. The van der Waals surface area contributed by atoms with Gasteiger partial charge in [-0.3, -0.25) is 3.11 Å². The number of nitrogens with zero attached hydrogens (tertiary/aromatic N) is 2. The number of hydrogen-bond donors (Lipinski definition) is 1. The lowest BCUT2D eigenvalue weighted by molar-refractivity contribution is 0.517. The molecule has 0 aliphatic heterocycles. The molecule has 0 saturated heterocycles. The Hall–Kier alpha value is -0.850. The summed E-state index contributed by atoms with van der Waals surface area (Å²) < 4.78 is 13.3. The standard InChI is InChI=1S/C8H9FIN3/c9-12-8(11)13(10)6-7-4-2-1-3-5-7/h1-5H,6H2,(H2,11,12). The van der Waals surface area contributed by atoms with Gasteiger partial charge in [-0.25, -0.2) is 0 Å². The Bertz CT molecular complexity index is 289. The van der Waals surface area contributed by atoms with Crippen molar-refractivity contribution in [3.05, 3.63) is 35.9 Å². The van der Waals surface area contributed by atoms with Crippen molar-refractivity contribution in [3.8, 4) is 0 Å². The minimum absolute atomic E-state index is 0.121. The minimum atomic E-state index is -0.121. The van der Waals surface area contributed by atoms with Crippen LogP contribution in [-0.4, -0.2) is 9.07 Å². The van der Waals surface area contributed by atoms with Gasteiger partial charge in [0.1, 0.15) is 0 Å². The SMILES string of the molecule is NC(=NF)N(I)Cc1ccccc1. The first-order chi connectivity index (χ1) is 6.24. The van der Waals surface area contributed by atoms with Gasteiger partial charge in [0.15, 0.2) is 0 Å². The number of halogens is 2. The molecule has 0 bridgehead atoms. The second-order valence-corrected chi connectivity index (χ2v) is 3.61. The Labute approximate surface area is 89.9 Å². The number of nitrogens with two attached hydrogens (primary N) is 1. The zero-order chi connectivity index (χ0) is 9.68. The Balaban J connectivity index is 2.60. The van der Waals surface area contributed by atoms with Crippen LogP contribution in [0.25, 0.3) is 0 Å². The second kappa shape index (κ2) is 5.00. The number of guanidine groups is 1. The molecule has 0 aliphatic rings. The molecule has 3 nitrogen and oxygen atoms in total. The molecule has 0 amide bonds. The van der Waals surface area contributed by atoms with E-state index in [-0.39, 0.29) is 5.96 Å². The van der Waals surface area contributed by atoms with Crippen LogP contribution in [0.4, 0.5) is 4.48 Å². The van der Waals surface area contributed by atoms with Gasteiger partial charge in [0.2, 0.25) is 5.96 Å². The monoisotopic (exact) mass is 293 g/mol. The summed E-state index contributed by atoms with van der Waals surface area (Å²) in [6, 6.07) is 9.65. The van der Waals surface area contributed by atoms with Crippen molar-refractivity contribution in [2.75, 3.05) is 0 Å². The zero-order valence-corrected chi connectivity index (χ0v) is 8.98. The summed E-state index contributed by atoms with van der Waals surface area (Å²) in [4.78, 5) is 0. The fourth-order valence-corrected chi connectivity index (χ4v) is 1.34. The summed E-state index contributed by atoms with van der Waals surface area (Å²) in [5, 5.41) is 2.40. The van der Waals surface area contributed by atoms with Gasteiger partial charge in [-0.1, -0.05) is 34.8 Å². The summed E-state index contributed by atoms with van der Waals surface area (Å²) >= 11 is 1.91. The number of hydrogen-bond acceptors (Lipinski definition) is 1. The summed E-state index contributed by atoms with van der Waals surface area (Å²) in [6.45, 7) is 0.542. The van der Waals surface area contributed by atoms with Crippen LogP contribution in [-0.2, 0) is 6.54 Å². The van der Waals surface area contributed by atoms with Gasteiger partial charge in [-0.2, -0.15) is 0 Å². The molecule has 2 N–H and O–H groups in total. The average molecular weight is 293 g/mol. The number of rotatable bonds is 2. The quantitative estimate of drug-likeness (QED) is 0.392. The van der Waals surface area contributed by atoms with Gasteiger partial charge in [0.25, 0.3) is 0 Å². The van der Waals surface area contributed by atoms with Crippen LogP contribution < -0.4 is 5.73 Å². The van der Waals surface area contributed by atoms with Crippen molar-refractivity contribution in [1.82, 2.24) is 3.11 Å². The van der Waals surface area contributed by atoms with E-state index in [1.54, 1.807) is 0 Å². The molecule has 1 aromatic carbocycles. The van der Waals surface area contributed by atoms with Gasteiger partial charge in [0.05, 0.1) is 29.4 Å². The van der Waals surface area contributed by atoms with Crippen LogP contribution in [0, 0.1) is 0 Å². The summed E-state index contributed by atoms with van der Waals surface area (Å²) in [6.07, 6.45) is 0. The molecule has 5 heteroatoms. The van der Waals surface area contributed by atoms with E-state index in [0.717, 1.165) is 5.56 Å². The predicted octanol–water partition coefficient (Wildman–Crippen LogP) is 2.04. The first-order valence-electron chi connectivity index (χ1n) is 3.65. The maximum Gasteiger partial charge on any atom is 0.235 e. The Morgan fingerprint density at radius 3 is 2.62 bits per heavy atom. The Morgan fingerprint density at radius 1 is 1.46 bits per heavy atom. The third-order valence-corrected chi connectivity index (χ3v) is 2.33. The number of benzene rings is 1. The highest BCUT2D eigenvalue weighted by Gasteiger charge is 2.04. The lowest BCUT2D eigenvalue weighted by Gasteiger charge is -2.13. The van der Waals surface area contributed by atoms with Crippen molar-refractivity contribution >= 4 is 28.8 Å². The maximum absolute atomic E-state index is 11.8. The van der Waals surface area contributed by atoms with E-state index >= 15 is 0 Å². The van der Waals surface area contributed by atoms with Crippen LogP contribution in [0.2, 0.25) is 0 Å². The third kappa shape index (κ3) is 3.17. The van der Waals surface area contributed by atoms with Gasteiger partial charge in [-0.15, -0.1) is 0 Å². The third-order valence-electron chi connectivity index (χ3n) is 1.50. The normalized spacial score (nSPS) is 11.4. The Kier molecular flexibility index (Phi) is 3.94. The van der Waals surface area contributed by atoms with Crippen LogP contribution >= 0.6 is 22.9 Å². The lowest BCUT2D eigenvalue weighted by Crippen LogP contribution is -2.28. The molecule has 0 radical (unpaired) electrons. The molecule has 0 aromatic heterocycles. The van der Waals surface area contributed by atoms with E-state index in [9.17, 15) is 4.48 Å². The van der Waals surface area contributed by atoms with Crippen molar-refractivity contribution < 1.29 is 4.48 Å². The highest BCUT2D eigenvalue weighted by molar-refractivity contribution is 14.1. The molecule has 13 heavy (non-hydrogen) atoms. The molecule has 0 unspecified atom stereocenters. The van der Waals surface area contributed by atoms with Gasteiger partial charge >= 0.3 is 0 Å². The lowest BCUT2D eigenvalue weighted by atomic mass is 10.2. The summed E-state index contributed by atoms with van der Waals surface area (Å²) in [7, 11) is 0. The van der Waals surface area contributed by atoms with Crippen molar-refractivity contribution in [2.45, 2.75) is 6.54 Å². The molecule has 70 valence electrons. The van der Waals surface area contributed by atoms with E-state index in [0.29, 0.717) is 6.54 Å². The second-order valence-electron chi connectivity index (χ2n) is 2.45. The first kappa shape index (κ1) is 10.2. The molecule has 0 aliphatic carbocycles. The minimum Gasteiger partial charge on any atom is -0.367 e. The molecular formula is C8H9FIN3. The van der Waals surface area contributed by atoms with Crippen LogP contribution in [0.3, 0.4) is 0 Å². The average Bonchev–Trinajstić information content (AvgIpc) is 2.18. The van der Waals surface area contributed by atoms with E-state index in [1.807, 2.05) is 53.2 Å². The molecule has 0 spiro atoms. The van der Waals surface area contributed by atoms with E-state index in [1.165, 1.54) is 3.11 Å². The predicted molar refractivity (Wildman–Crippen MR) is 58.7 cm³/mol. The van der Waals surface area contributed by atoms with Crippen LogP contribution in [0.1, 0.15) is 5.56 Å². The molecule has 0 fully saturated rings. The van der Waals surface area contributed by atoms with Crippen LogP contribution in [0.5, 0.6) is 0 Å². The topological polar surface area (TPSA) is 41.6 Å². The first-order valence-corrected chi connectivity index (χ1v) is 4.62. The van der Waals surface area contributed by atoms with Crippen molar-refractivity contribution in [3.63, 3.8) is 0 Å². The molecule has 0 saturated carbocycles. The highest BCUT2D eigenvalue weighted by atomic mass is 127. The van der Waals surface area contributed by atoms with E-state index in [2.05, 4.69) is 5.21 Å². The van der Waals surface area contributed by atoms with E-state index < -0.39 is 0 Å². The Morgan fingerprint density at radius 2 is 2.08 bits per heavy atom. The molecular weight excluding hydrogens is 284 g/mol. The largest absolute Gasteiger partial charge is 0.367 e. The highest BCUT2D eigenvalue weighted by Crippen LogP contribution is 2.08. The van der Waals surface area contributed by atoms with Crippen molar-refractivity contribution in [2.24, 2.45) is 10.9 Å². The summed E-state index contributed by atoms with van der Waals surface area (Å²) in [5.41, 5.74) is 6.32. The van der Waals surface area contributed by atoms with E-state index in [4.69, 9.17) is 5.73 Å².